The highest BCUT2D eigenvalue weighted by atomic mass is 79.9. The van der Waals surface area contributed by atoms with Gasteiger partial charge < -0.3 is 0 Å². The molecule has 0 spiro atoms. The van der Waals surface area contributed by atoms with Crippen molar-refractivity contribution in [3.05, 3.63) is 20.8 Å². The molecule has 1 aliphatic rings. The van der Waals surface area contributed by atoms with Crippen molar-refractivity contribution in [3.8, 4) is 0 Å². The third-order valence-corrected chi connectivity index (χ3v) is 4.68. The molecule has 0 radical (unpaired) electrons. The Bertz CT molecular complexity index is 278. The molecule has 0 amide bonds. The maximum Gasteiger partial charge on any atom is 0.0285 e. The number of thiophene rings is 1. The van der Waals surface area contributed by atoms with Crippen LogP contribution < -0.4 is 0 Å². The van der Waals surface area contributed by atoms with Crippen LogP contribution in [-0.4, -0.2) is 5.88 Å². The van der Waals surface area contributed by atoms with Crippen molar-refractivity contribution >= 4 is 38.9 Å². The summed E-state index contributed by atoms with van der Waals surface area (Å²) in [7, 11) is 0. The molecule has 0 saturated heterocycles. The summed E-state index contributed by atoms with van der Waals surface area (Å²) < 4.78 is 1.20. The maximum absolute atomic E-state index is 5.91. The first kappa shape index (κ1) is 9.04. The van der Waals surface area contributed by atoms with Gasteiger partial charge in [-0.2, -0.15) is 0 Å². The molecule has 0 aromatic carbocycles. The third kappa shape index (κ3) is 1.86. The van der Waals surface area contributed by atoms with E-state index in [1.807, 2.05) is 11.3 Å². The Morgan fingerprint density at radius 2 is 2.33 bits per heavy atom. The van der Waals surface area contributed by atoms with Gasteiger partial charge in [0.05, 0.1) is 0 Å². The van der Waals surface area contributed by atoms with Gasteiger partial charge >= 0.3 is 0 Å². The van der Waals surface area contributed by atoms with E-state index in [-0.39, 0.29) is 0 Å². The summed E-state index contributed by atoms with van der Waals surface area (Å²) in [5, 5.41) is 2.14. The molecule has 1 aromatic rings. The molecule has 2 rings (SSSR count). The summed E-state index contributed by atoms with van der Waals surface area (Å²) in [5.41, 5.74) is 0.464. The van der Waals surface area contributed by atoms with E-state index in [1.165, 1.54) is 28.6 Å². The Hall–Kier alpha value is 0.470. The Kier molecular flexibility index (Phi) is 2.50. The predicted molar refractivity (Wildman–Crippen MR) is 58.1 cm³/mol. The number of halogens is 2. The van der Waals surface area contributed by atoms with E-state index in [2.05, 4.69) is 27.4 Å². The highest BCUT2D eigenvalue weighted by Crippen LogP contribution is 2.50. The van der Waals surface area contributed by atoms with E-state index in [0.29, 0.717) is 5.41 Å². The Labute approximate surface area is 90.1 Å². The zero-order valence-corrected chi connectivity index (χ0v) is 9.81. The lowest BCUT2D eigenvalue weighted by Crippen LogP contribution is -2.04. The smallest absolute Gasteiger partial charge is 0.0285 e. The molecule has 1 heterocycles. The highest BCUT2D eigenvalue weighted by Gasteiger charge is 2.41. The zero-order chi connectivity index (χ0) is 8.60. The molecule has 0 atom stereocenters. The summed E-state index contributed by atoms with van der Waals surface area (Å²) >= 11 is 11.2. The van der Waals surface area contributed by atoms with E-state index < -0.39 is 0 Å². The van der Waals surface area contributed by atoms with Gasteiger partial charge in [0, 0.05) is 20.6 Å². The third-order valence-electron chi connectivity index (χ3n) is 2.41. The van der Waals surface area contributed by atoms with Gasteiger partial charge in [0.15, 0.2) is 0 Å². The van der Waals surface area contributed by atoms with Crippen LogP contribution in [0.25, 0.3) is 0 Å². The van der Waals surface area contributed by atoms with Crippen LogP contribution in [0.15, 0.2) is 15.9 Å². The normalized spacial score (nSPS) is 19.5. The van der Waals surface area contributed by atoms with Crippen LogP contribution in [0.1, 0.15) is 17.7 Å². The lowest BCUT2D eigenvalue weighted by molar-refractivity contribution is 0.584. The summed E-state index contributed by atoms with van der Waals surface area (Å²) in [4.78, 5) is 1.46. The molecule has 0 N–H and O–H groups in total. The standard InChI is InChI=1S/C9H10BrClS/c10-7-3-8(12-5-7)4-9(6-11)1-2-9/h3,5H,1-2,4,6H2. The largest absolute Gasteiger partial charge is 0.148 e. The number of hydrogen-bond donors (Lipinski definition) is 0. The lowest BCUT2D eigenvalue weighted by Gasteiger charge is -2.07. The van der Waals surface area contributed by atoms with E-state index in [1.54, 1.807) is 0 Å². The van der Waals surface area contributed by atoms with E-state index in [0.717, 1.165) is 5.88 Å². The van der Waals surface area contributed by atoms with Crippen molar-refractivity contribution in [1.29, 1.82) is 0 Å². The predicted octanol–water partition coefficient (Wildman–Crippen LogP) is 4.07. The van der Waals surface area contributed by atoms with Crippen molar-refractivity contribution in [2.45, 2.75) is 19.3 Å². The van der Waals surface area contributed by atoms with Crippen molar-refractivity contribution < 1.29 is 0 Å². The summed E-state index contributed by atoms with van der Waals surface area (Å²) in [5.74, 6) is 0.822. The van der Waals surface area contributed by atoms with Crippen LogP contribution in [-0.2, 0) is 6.42 Å². The highest BCUT2D eigenvalue weighted by molar-refractivity contribution is 9.10. The van der Waals surface area contributed by atoms with Gasteiger partial charge in [0.25, 0.3) is 0 Å². The number of hydrogen-bond acceptors (Lipinski definition) is 1. The van der Waals surface area contributed by atoms with E-state index >= 15 is 0 Å². The van der Waals surface area contributed by atoms with Crippen LogP contribution in [0.2, 0.25) is 0 Å². The first-order chi connectivity index (χ1) is 5.74. The average Bonchev–Trinajstić information content (AvgIpc) is 2.71. The summed E-state index contributed by atoms with van der Waals surface area (Å²) in [6.07, 6.45) is 3.80. The minimum Gasteiger partial charge on any atom is -0.148 e. The fraction of sp³-hybridized carbons (Fsp3) is 0.556. The van der Waals surface area contributed by atoms with E-state index in [9.17, 15) is 0 Å². The van der Waals surface area contributed by atoms with Gasteiger partial charge in [-0.1, -0.05) is 0 Å². The van der Waals surface area contributed by atoms with Crippen molar-refractivity contribution in [3.63, 3.8) is 0 Å². The van der Waals surface area contributed by atoms with E-state index in [4.69, 9.17) is 11.6 Å². The van der Waals surface area contributed by atoms with Gasteiger partial charge in [0.1, 0.15) is 0 Å². The lowest BCUT2D eigenvalue weighted by atomic mass is 10.0. The van der Waals surface area contributed by atoms with Gasteiger partial charge in [-0.15, -0.1) is 22.9 Å². The van der Waals surface area contributed by atoms with Crippen LogP contribution in [0.3, 0.4) is 0 Å². The minimum atomic E-state index is 0.464. The monoisotopic (exact) mass is 264 g/mol. The topological polar surface area (TPSA) is 0 Å². The molecule has 0 aliphatic heterocycles. The van der Waals surface area contributed by atoms with Crippen LogP contribution in [0.4, 0.5) is 0 Å². The van der Waals surface area contributed by atoms with Crippen LogP contribution >= 0.6 is 38.9 Å². The molecule has 66 valence electrons. The molecule has 1 fully saturated rings. The second-order valence-electron chi connectivity index (χ2n) is 3.54. The molecule has 0 nitrogen and oxygen atoms in total. The fourth-order valence-electron chi connectivity index (χ4n) is 1.35. The van der Waals surface area contributed by atoms with Gasteiger partial charge in [-0.05, 0) is 46.7 Å². The molecule has 1 saturated carbocycles. The summed E-state index contributed by atoms with van der Waals surface area (Å²) in [6.45, 7) is 0. The average molecular weight is 266 g/mol. The van der Waals surface area contributed by atoms with Gasteiger partial charge in [-0.25, -0.2) is 0 Å². The number of alkyl halides is 1. The summed E-state index contributed by atoms with van der Waals surface area (Å²) in [6, 6.07) is 2.21. The molecule has 0 unspecified atom stereocenters. The second-order valence-corrected chi connectivity index (χ2v) is 5.72. The minimum absolute atomic E-state index is 0.464. The molecule has 1 aromatic heterocycles. The fourth-order valence-corrected chi connectivity index (χ4v) is 3.34. The molecular weight excluding hydrogens is 256 g/mol. The van der Waals surface area contributed by atoms with Crippen molar-refractivity contribution in [2.24, 2.45) is 5.41 Å². The first-order valence-corrected chi connectivity index (χ1v) is 6.24. The Balaban J connectivity index is 2.04. The molecule has 3 heteroatoms. The Morgan fingerprint density at radius 3 is 2.75 bits per heavy atom. The first-order valence-electron chi connectivity index (χ1n) is 4.03. The molecule has 1 aliphatic carbocycles. The number of rotatable bonds is 3. The van der Waals surface area contributed by atoms with Gasteiger partial charge in [-0.3, -0.25) is 0 Å². The van der Waals surface area contributed by atoms with Crippen molar-refractivity contribution in [2.75, 3.05) is 5.88 Å². The second kappa shape index (κ2) is 3.32. The van der Waals surface area contributed by atoms with Gasteiger partial charge in [0.2, 0.25) is 0 Å². The molecule has 12 heavy (non-hydrogen) atoms. The van der Waals surface area contributed by atoms with Crippen LogP contribution in [0, 0.1) is 5.41 Å². The zero-order valence-electron chi connectivity index (χ0n) is 6.65. The maximum atomic E-state index is 5.91. The van der Waals surface area contributed by atoms with Crippen molar-refractivity contribution in [1.82, 2.24) is 0 Å². The Morgan fingerprint density at radius 1 is 1.58 bits per heavy atom. The SMILES string of the molecule is ClCC1(Cc2cc(Br)cs2)CC1. The molecule has 0 bridgehead atoms. The molecular formula is C9H10BrClS. The quantitative estimate of drug-likeness (QED) is 0.723. The van der Waals surface area contributed by atoms with Crippen LogP contribution in [0.5, 0.6) is 0 Å².